The third kappa shape index (κ3) is 2.84. The van der Waals surface area contributed by atoms with Gasteiger partial charge in [0.05, 0.1) is 23.2 Å². The second kappa shape index (κ2) is 5.97. The van der Waals surface area contributed by atoms with Gasteiger partial charge in [0.25, 0.3) is 0 Å². The first-order valence-corrected chi connectivity index (χ1v) is 6.49. The van der Waals surface area contributed by atoms with Gasteiger partial charge in [-0.1, -0.05) is 13.0 Å². The zero-order valence-corrected chi connectivity index (χ0v) is 11.6. The number of aromatic nitrogens is 1. The molecule has 102 valence electrons. The molecule has 2 aromatic rings. The highest BCUT2D eigenvalue weighted by atomic mass is 19.1. The first-order valence-electron chi connectivity index (χ1n) is 6.49. The lowest BCUT2D eigenvalue weighted by Crippen LogP contribution is -2.05. The Morgan fingerprint density at radius 3 is 2.84 bits per heavy atom. The molecule has 3 nitrogen and oxygen atoms in total. The van der Waals surface area contributed by atoms with E-state index in [1.165, 1.54) is 6.07 Å². The van der Waals surface area contributed by atoms with Gasteiger partial charge in [-0.25, -0.2) is 9.37 Å². The number of aryl methyl sites for hydroxylation is 1. The average Bonchev–Trinajstić information content (AvgIpc) is 2.40. The second-order valence-electron chi connectivity index (χ2n) is 4.61. The predicted octanol–water partition coefficient (Wildman–Crippen LogP) is 3.65. The summed E-state index contributed by atoms with van der Waals surface area (Å²) in [4.78, 5) is 4.49. The summed E-state index contributed by atoms with van der Waals surface area (Å²) in [7, 11) is 1.63. The van der Waals surface area contributed by atoms with E-state index in [9.17, 15) is 4.39 Å². The summed E-state index contributed by atoms with van der Waals surface area (Å²) in [5.41, 5.74) is 3.27. The van der Waals surface area contributed by atoms with Crippen LogP contribution in [0.5, 0.6) is 0 Å². The quantitative estimate of drug-likeness (QED) is 0.893. The molecule has 2 rings (SSSR count). The molecule has 0 aliphatic rings. The van der Waals surface area contributed by atoms with Gasteiger partial charge in [-0.2, -0.15) is 0 Å². The maximum Gasteiger partial charge on any atom is 0.134 e. The third-order valence-electron chi connectivity index (χ3n) is 3.02. The Bertz CT molecular complexity index is 584. The fraction of sp³-hybridized carbons (Fsp3) is 0.400. The van der Waals surface area contributed by atoms with Gasteiger partial charge in [-0.15, -0.1) is 0 Å². The molecule has 4 heteroatoms. The molecule has 1 heterocycles. The van der Waals surface area contributed by atoms with Gasteiger partial charge in [0.15, 0.2) is 0 Å². The minimum atomic E-state index is -0.240. The lowest BCUT2D eigenvalue weighted by Gasteiger charge is -2.13. The van der Waals surface area contributed by atoms with Crippen LogP contribution in [0.2, 0.25) is 0 Å². The van der Waals surface area contributed by atoms with Crippen molar-refractivity contribution in [3.63, 3.8) is 0 Å². The van der Waals surface area contributed by atoms with Crippen LogP contribution in [0, 0.1) is 12.7 Å². The fourth-order valence-corrected chi connectivity index (χ4v) is 2.11. The van der Waals surface area contributed by atoms with Crippen molar-refractivity contribution in [2.45, 2.75) is 26.9 Å². The highest BCUT2D eigenvalue weighted by Gasteiger charge is 2.12. The van der Waals surface area contributed by atoms with Crippen LogP contribution in [0.25, 0.3) is 10.9 Å². The maximum absolute atomic E-state index is 14.1. The lowest BCUT2D eigenvalue weighted by atomic mass is 10.1. The average molecular weight is 262 g/mol. The van der Waals surface area contributed by atoms with Gasteiger partial charge in [0.2, 0.25) is 0 Å². The second-order valence-corrected chi connectivity index (χ2v) is 4.61. The van der Waals surface area contributed by atoms with E-state index in [1.54, 1.807) is 13.2 Å². The minimum absolute atomic E-state index is 0.240. The lowest BCUT2D eigenvalue weighted by molar-refractivity contribution is 0.182. The molecule has 0 aliphatic carbocycles. The highest BCUT2D eigenvalue weighted by Crippen LogP contribution is 2.28. The van der Waals surface area contributed by atoms with E-state index in [1.807, 2.05) is 13.0 Å². The van der Waals surface area contributed by atoms with Crippen molar-refractivity contribution in [3.8, 4) is 0 Å². The molecular formula is C15H19FN2O. The molecule has 0 bridgehead atoms. The molecule has 0 fully saturated rings. The Morgan fingerprint density at radius 1 is 1.37 bits per heavy atom. The molecule has 0 saturated heterocycles. The van der Waals surface area contributed by atoms with E-state index >= 15 is 0 Å². The third-order valence-corrected chi connectivity index (χ3v) is 3.02. The molecule has 1 aromatic heterocycles. The Balaban J connectivity index is 2.63. The van der Waals surface area contributed by atoms with Crippen LogP contribution in [0.3, 0.4) is 0 Å². The van der Waals surface area contributed by atoms with E-state index in [4.69, 9.17) is 4.74 Å². The predicted molar refractivity (Wildman–Crippen MR) is 75.9 cm³/mol. The fourth-order valence-electron chi connectivity index (χ4n) is 2.11. The molecule has 1 aromatic carbocycles. The Labute approximate surface area is 112 Å². The van der Waals surface area contributed by atoms with E-state index in [0.29, 0.717) is 17.5 Å². The van der Waals surface area contributed by atoms with Crippen LogP contribution in [0.4, 0.5) is 10.1 Å². The van der Waals surface area contributed by atoms with Gasteiger partial charge in [0.1, 0.15) is 5.82 Å². The van der Waals surface area contributed by atoms with Crippen LogP contribution in [-0.2, 0) is 11.3 Å². The number of rotatable bonds is 5. The van der Waals surface area contributed by atoms with Crippen molar-refractivity contribution in [3.05, 3.63) is 35.3 Å². The summed E-state index contributed by atoms with van der Waals surface area (Å²) in [5, 5.41) is 3.83. The van der Waals surface area contributed by atoms with Gasteiger partial charge < -0.3 is 10.1 Å². The van der Waals surface area contributed by atoms with Crippen LogP contribution >= 0.6 is 0 Å². The molecule has 0 spiro atoms. The monoisotopic (exact) mass is 262 g/mol. The van der Waals surface area contributed by atoms with E-state index in [-0.39, 0.29) is 5.82 Å². The zero-order chi connectivity index (χ0) is 13.8. The number of pyridine rings is 1. The van der Waals surface area contributed by atoms with Crippen molar-refractivity contribution in [2.24, 2.45) is 0 Å². The van der Waals surface area contributed by atoms with E-state index < -0.39 is 0 Å². The van der Waals surface area contributed by atoms with Crippen molar-refractivity contribution in [1.29, 1.82) is 0 Å². The minimum Gasteiger partial charge on any atom is -0.384 e. The number of nitrogens with zero attached hydrogens (tertiary/aromatic N) is 1. The van der Waals surface area contributed by atoms with Gasteiger partial charge in [0, 0.05) is 19.3 Å². The van der Waals surface area contributed by atoms with Gasteiger partial charge in [-0.3, -0.25) is 0 Å². The summed E-state index contributed by atoms with van der Waals surface area (Å²) in [6.45, 7) is 5.24. The number of benzene rings is 1. The van der Waals surface area contributed by atoms with Crippen LogP contribution in [-0.4, -0.2) is 18.6 Å². The number of halogens is 1. The van der Waals surface area contributed by atoms with Crippen molar-refractivity contribution in [1.82, 2.24) is 4.98 Å². The Hall–Kier alpha value is -1.68. The standard InChI is InChI=1S/C15H19FN2O/c1-4-7-17-13-8-11(9-19-3)18-15-10(2)5-6-12(16)14(13)15/h5-6,8H,4,7,9H2,1-3H3,(H,17,18). The van der Waals surface area contributed by atoms with Gasteiger partial charge >= 0.3 is 0 Å². The molecule has 19 heavy (non-hydrogen) atoms. The van der Waals surface area contributed by atoms with Crippen molar-refractivity contribution in [2.75, 3.05) is 19.0 Å². The Kier molecular flexibility index (Phi) is 4.32. The molecule has 1 N–H and O–H groups in total. The topological polar surface area (TPSA) is 34.1 Å². The smallest absolute Gasteiger partial charge is 0.134 e. The number of nitrogens with one attached hydrogen (secondary N) is 1. The summed E-state index contributed by atoms with van der Waals surface area (Å²) >= 11 is 0. The molecule has 0 aliphatic heterocycles. The molecule has 0 radical (unpaired) electrons. The first-order chi connectivity index (χ1) is 9.17. The molecule has 0 unspecified atom stereocenters. The summed E-state index contributed by atoms with van der Waals surface area (Å²) < 4.78 is 19.2. The largest absolute Gasteiger partial charge is 0.384 e. The SMILES string of the molecule is CCCNc1cc(COC)nc2c(C)ccc(F)c12. The number of fused-ring (bicyclic) bond motifs is 1. The van der Waals surface area contributed by atoms with E-state index in [2.05, 4.69) is 17.2 Å². The molecule has 0 atom stereocenters. The van der Waals surface area contributed by atoms with E-state index in [0.717, 1.165) is 29.9 Å². The summed E-state index contributed by atoms with van der Waals surface area (Å²) in [6.07, 6.45) is 0.983. The van der Waals surface area contributed by atoms with Crippen molar-refractivity contribution >= 4 is 16.6 Å². The summed E-state index contributed by atoms with van der Waals surface area (Å²) in [6, 6.07) is 5.11. The normalized spacial score (nSPS) is 10.9. The zero-order valence-electron chi connectivity index (χ0n) is 11.6. The maximum atomic E-state index is 14.1. The first kappa shape index (κ1) is 13.7. The Morgan fingerprint density at radius 2 is 2.16 bits per heavy atom. The number of methoxy groups -OCH3 is 1. The van der Waals surface area contributed by atoms with Crippen LogP contribution in [0.1, 0.15) is 24.6 Å². The van der Waals surface area contributed by atoms with Crippen molar-refractivity contribution < 1.29 is 9.13 Å². The summed E-state index contributed by atoms with van der Waals surface area (Å²) in [5.74, 6) is -0.240. The molecular weight excluding hydrogens is 243 g/mol. The molecule has 0 amide bonds. The number of ether oxygens (including phenoxy) is 1. The van der Waals surface area contributed by atoms with Crippen LogP contribution in [0.15, 0.2) is 18.2 Å². The number of hydrogen-bond acceptors (Lipinski definition) is 3. The number of anilines is 1. The van der Waals surface area contributed by atoms with Crippen LogP contribution < -0.4 is 5.32 Å². The number of hydrogen-bond donors (Lipinski definition) is 1. The molecule has 0 saturated carbocycles. The van der Waals surface area contributed by atoms with Gasteiger partial charge in [-0.05, 0) is 31.0 Å². The highest BCUT2D eigenvalue weighted by molar-refractivity contribution is 5.93.